The van der Waals surface area contributed by atoms with Gasteiger partial charge in [0.1, 0.15) is 11.6 Å². The van der Waals surface area contributed by atoms with Crippen LogP contribution in [-0.2, 0) is 6.42 Å². The number of rotatable bonds is 3. The van der Waals surface area contributed by atoms with Crippen molar-refractivity contribution >= 4 is 0 Å². The molecule has 0 radical (unpaired) electrons. The van der Waals surface area contributed by atoms with Crippen molar-refractivity contribution in [2.75, 3.05) is 0 Å². The minimum atomic E-state index is -0.564. The predicted molar refractivity (Wildman–Crippen MR) is 66.0 cm³/mol. The Bertz CT molecular complexity index is 535. The molecule has 0 amide bonds. The molecular formula is C14H14F2N2. The fourth-order valence-corrected chi connectivity index (χ4v) is 1.85. The van der Waals surface area contributed by atoms with Gasteiger partial charge in [0.2, 0.25) is 0 Å². The molecule has 1 heterocycles. The van der Waals surface area contributed by atoms with Crippen LogP contribution in [0.1, 0.15) is 22.7 Å². The maximum absolute atomic E-state index is 13.5. The lowest BCUT2D eigenvalue weighted by molar-refractivity contribution is 0.539. The number of nitrogens with zero attached hydrogens (tertiary/aromatic N) is 1. The first kappa shape index (κ1) is 12.6. The predicted octanol–water partition coefficient (Wildman–Crippen LogP) is 2.91. The SMILES string of the molecule is Cc1cncc(C(N)Cc2c(F)cccc2F)c1. The van der Waals surface area contributed by atoms with E-state index in [1.54, 1.807) is 12.4 Å². The maximum Gasteiger partial charge on any atom is 0.129 e. The molecule has 1 aromatic carbocycles. The molecule has 0 fully saturated rings. The van der Waals surface area contributed by atoms with E-state index in [4.69, 9.17) is 5.73 Å². The zero-order valence-electron chi connectivity index (χ0n) is 10.0. The fourth-order valence-electron chi connectivity index (χ4n) is 1.85. The lowest BCUT2D eigenvalue weighted by Gasteiger charge is -2.13. The Morgan fingerprint density at radius 2 is 1.89 bits per heavy atom. The van der Waals surface area contributed by atoms with E-state index in [-0.39, 0.29) is 12.0 Å². The average Bonchev–Trinajstić information content (AvgIpc) is 2.34. The Hall–Kier alpha value is -1.81. The van der Waals surface area contributed by atoms with Crippen LogP contribution in [0.15, 0.2) is 36.7 Å². The van der Waals surface area contributed by atoms with Crippen LogP contribution in [0.2, 0.25) is 0 Å². The molecule has 0 aliphatic rings. The first-order chi connectivity index (χ1) is 8.58. The highest BCUT2D eigenvalue weighted by Crippen LogP contribution is 2.20. The summed E-state index contributed by atoms with van der Waals surface area (Å²) >= 11 is 0. The van der Waals surface area contributed by atoms with Gasteiger partial charge < -0.3 is 5.73 Å². The molecule has 1 unspecified atom stereocenters. The second-order valence-corrected chi connectivity index (χ2v) is 4.31. The minimum absolute atomic E-state index is 0.0199. The summed E-state index contributed by atoms with van der Waals surface area (Å²) in [6.45, 7) is 1.90. The standard InChI is InChI=1S/C14H14F2N2/c1-9-5-10(8-18-7-9)14(17)6-11-12(15)3-2-4-13(11)16/h2-5,7-8,14H,6,17H2,1H3. The summed E-state index contributed by atoms with van der Waals surface area (Å²) in [5.41, 5.74) is 7.73. The zero-order chi connectivity index (χ0) is 13.1. The number of hydrogen-bond acceptors (Lipinski definition) is 2. The monoisotopic (exact) mass is 248 g/mol. The summed E-state index contributed by atoms with van der Waals surface area (Å²) in [6.07, 6.45) is 3.44. The van der Waals surface area contributed by atoms with Gasteiger partial charge in [0, 0.05) is 24.0 Å². The summed E-state index contributed by atoms with van der Waals surface area (Å²) in [4.78, 5) is 4.02. The van der Waals surface area contributed by atoms with Gasteiger partial charge in [0.05, 0.1) is 0 Å². The second-order valence-electron chi connectivity index (χ2n) is 4.31. The van der Waals surface area contributed by atoms with E-state index < -0.39 is 17.7 Å². The molecule has 2 rings (SSSR count). The first-order valence-electron chi connectivity index (χ1n) is 5.68. The third-order valence-electron chi connectivity index (χ3n) is 2.81. The van der Waals surface area contributed by atoms with Crippen LogP contribution in [0.5, 0.6) is 0 Å². The average molecular weight is 248 g/mol. The number of halogens is 2. The van der Waals surface area contributed by atoms with E-state index in [9.17, 15) is 8.78 Å². The lowest BCUT2D eigenvalue weighted by Crippen LogP contribution is -2.15. The third-order valence-corrected chi connectivity index (χ3v) is 2.81. The highest BCUT2D eigenvalue weighted by Gasteiger charge is 2.14. The Morgan fingerprint density at radius 3 is 2.50 bits per heavy atom. The van der Waals surface area contributed by atoms with Crippen molar-refractivity contribution in [1.82, 2.24) is 4.98 Å². The zero-order valence-corrected chi connectivity index (χ0v) is 10.0. The van der Waals surface area contributed by atoms with Gasteiger partial charge in [-0.1, -0.05) is 12.1 Å². The molecule has 2 N–H and O–H groups in total. The van der Waals surface area contributed by atoms with Crippen molar-refractivity contribution < 1.29 is 8.78 Å². The molecule has 0 aliphatic heterocycles. The van der Waals surface area contributed by atoms with Crippen molar-refractivity contribution in [3.05, 3.63) is 65.0 Å². The molecule has 4 heteroatoms. The molecule has 1 aromatic heterocycles. The van der Waals surface area contributed by atoms with Gasteiger partial charge >= 0.3 is 0 Å². The van der Waals surface area contributed by atoms with Crippen molar-refractivity contribution in [2.45, 2.75) is 19.4 Å². The summed E-state index contributed by atoms with van der Waals surface area (Å²) in [5.74, 6) is -1.13. The second kappa shape index (κ2) is 5.23. The quantitative estimate of drug-likeness (QED) is 0.907. The van der Waals surface area contributed by atoms with Gasteiger partial charge in [-0.2, -0.15) is 0 Å². The molecule has 0 spiro atoms. The van der Waals surface area contributed by atoms with Crippen molar-refractivity contribution in [3.8, 4) is 0 Å². The van der Waals surface area contributed by atoms with Crippen molar-refractivity contribution in [2.24, 2.45) is 5.73 Å². The topological polar surface area (TPSA) is 38.9 Å². The van der Waals surface area contributed by atoms with E-state index in [1.165, 1.54) is 18.2 Å². The molecule has 2 aromatic rings. The van der Waals surface area contributed by atoms with E-state index in [2.05, 4.69) is 4.98 Å². The van der Waals surface area contributed by atoms with Crippen LogP contribution in [0.3, 0.4) is 0 Å². The molecule has 2 nitrogen and oxygen atoms in total. The van der Waals surface area contributed by atoms with Crippen molar-refractivity contribution in [1.29, 1.82) is 0 Å². The van der Waals surface area contributed by atoms with Gasteiger partial charge in [-0.05, 0) is 36.6 Å². The molecule has 18 heavy (non-hydrogen) atoms. The molecule has 1 atom stereocenters. The summed E-state index contributed by atoms with van der Waals surface area (Å²) in [5, 5.41) is 0. The van der Waals surface area contributed by atoms with Gasteiger partial charge in [-0.25, -0.2) is 8.78 Å². The van der Waals surface area contributed by atoms with Gasteiger partial charge in [0.15, 0.2) is 0 Å². The molecule has 94 valence electrons. The molecule has 0 aliphatic carbocycles. The molecule has 0 bridgehead atoms. The Balaban J connectivity index is 2.24. The number of aromatic nitrogens is 1. The van der Waals surface area contributed by atoms with Crippen LogP contribution >= 0.6 is 0 Å². The van der Waals surface area contributed by atoms with Crippen LogP contribution in [0.25, 0.3) is 0 Å². The molecule has 0 saturated heterocycles. The minimum Gasteiger partial charge on any atom is -0.324 e. The summed E-state index contributed by atoms with van der Waals surface area (Å²) < 4.78 is 27.0. The highest BCUT2D eigenvalue weighted by molar-refractivity contribution is 5.25. The normalized spacial score (nSPS) is 12.4. The van der Waals surface area contributed by atoms with Crippen LogP contribution in [-0.4, -0.2) is 4.98 Å². The summed E-state index contributed by atoms with van der Waals surface area (Å²) in [7, 11) is 0. The van der Waals surface area contributed by atoms with Crippen LogP contribution < -0.4 is 5.73 Å². The van der Waals surface area contributed by atoms with Crippen LogP contribution in [0.4, 0.5) is 8.78 Å². The maximum atomic E-state index is 13.5. The van der Waals surface area contributed by atoms with E-state index in [0.29, 0.717) is 0 Å². The molecule has 0 saturated carbocycles. The smallest absolute Gasteiger partial charge is 0.129 e. The number of pyridine rings is 1. The van der Waals surface area contributed by atoms with E-state index in [0.717, 1.165) is 11.1 Å². The largest absolute Gasteiger partial charge is 0.324 e. The van der Waals surface area contributed by atoms with Gasteiger partial charge in [0.25, 0.3) is 0 Å². The first-order valence-corrected chi connectivity index (χ1v) is 5.68. The molecular weight excluding hydrogens is 234 g/mol. The Morgan fingerprint density at radius 1 is 1.22 bits per heavy atom. The Kier molecular flexibility index (Phi) is 3.67. The fraction of sp³-hybridized carbons (Fsp3) is 0.214. The lowest BCUT2D eigenvalue weighted by atomic mass is 9.99. The number of nitrogens with two attached hydrogens (primary N) is 1. The third kappa shape index (κ3) is 2.71. The number of hydrogen-bond donors (Lipinski definition) is 1. The highest BCUT2D eigenvalue weighted by atomic mass is 19.1. The van der Waals surface area contributed by atoms with Crippen molar-refractivity contribution in [3.63, 3.8) is 0 Å². The Labute approximate surface area is 104 Å². The van der Waals surface area contributed by atoms with Crippen LogP contribution in [0, 0.1) is 18.6 Å². The van der Waals surface area contributed by atoms with Gasteiger partial charge in [-0.15, -0.1) is 0 Å². The van der Waals surface area contributed by atoms with E-state index >= 15 is 0 Å². The van der Waals surface area contributed by atoms with Gasteiger partial charge in [-0.3, -0.25) is 4.98 Å². The van der Waals surface area contributed by atoms with E-state index in [1.807, 2.05) is 13.0 Å². The summed E-state index contributed by atoms with van der Waals surface area (Å²) in [6, 6.07) is 5.22. The number of benzene rings is 1. The number of aryl methyl sites for hydroxylation is 1.